The monoisotopic (exact) mass is 288 g/mol. The predicted octanol–water partition coefficient (Wildman–Crippen LogP) is 3.02. The average molecular weight is 288 g/mol. The Labute approximate surface area is 90.7 Å². The highest BCUT2D eigenvalue weighted by atomic mass is 127. The van der Waals surface area contributed by atoms with E-state index in [4.69, 9.17) is 4.74 Å². The van der Waals surface area contributed by atoms with Crippen LogP contribution in [0.5, 0.6) is 5.75 Å². The molecule has 0 radical (unpaired) electrons. The molecule has 1 aromatic rings. The zero-order valence-electron chi connectivity index (χ0n) is 7.16. The number of benzene rings is 1. The molecule has 1 rings (SSSR count). The van der Waals surface area contributed by atoms with Crippen molar-refractivity contribution in [1.82, 2.24) is 0 Å². The topological polar surface area (TPSA) is 26.3 Å². The first kappa shape index (κ1) is 10.2. The smallest absolute Gasteiger partial charge is 0.308 e. The molecule has 0 atom stereocenters. The van der Waals surface area contributed by atoms with E-state index in [1.807, 2.05) is 28.4 Å². The van der Waals surface area contributed by atoms with Crippen LogP contribution >= 0.6 is 22.6 Å². The van der Waals surface area contributed by atoms with Crippen LogP contribution in [0.15, 0.2) is 28.3 Å². The van der Waals surface area contributed by atoms with Crippen LogP contribution < -0.4 is 4.74 Å². The van der Waals surface area contributed by atoms with Crippen molar-refractivity contribution in [2.75, 3.05) is 0 Å². The lowest BCUT2D eigenvalue weighted by Gasteiger charge is -2.00. The van der Waals surface area contributed by atoms with E-state index in [2.05, 4.69) is 22.6 Å². The Kier molecular flexibility index (Phi) is 3.95. The second-order valence-electron chi connectivity index (χ2n) is 2.46. The molecule has 0 amide bonds. The summed E-state index contributed by atoms with van der Waals surface area (Å²) < 4.78 is 6.83. The third-order valence-electron chi connectivity index (χ3n) is 1.38. The lowest BCUT2D eigenvalue weighted by atomic mass is 10.2. The van der Waals surface area contributed by atoms with Crippen molar-refractivity contribution in [3.8, 4) is 5.75 Å². The van der Waals surface area contributed by atoms with Gasteiger partial charge in [-0.2, -0.15) is 0 Å². The first-order valence-electron chi connectivity index (χ1n) is 3.77. The lowest BCUT2D eigenvalue weighted by Crippen LogP contribution is -2.00. The van der Waals surface area contributed by atoms with E-state index in [0.29, 0.717) is 5.75 Å². The quantitative estimate of drug-likeness (QED) is 0.475. The minimum absolute atomic E-state index is 0.296. The summed E-state index contributed by atoms with van der Waals surface area (Å²) in [5.41, 5.74) is 1.02. The molecular weight excluding hydrogens is 279 g/mol. The highest BCUT2D eigenvalue weighted by Crippen LogP contribution is 2.14. The van der Waals surface area contributed by atoms with Crippen molar-refractivity contribution in [3.63, 3.8) is 0 Å². The molecule has 0 aliphatic rings. The lowest BCUT2D eigenvalue weighted by molar-refractivity contribution is -0.131. The molecule has 68 valence electrons. The summed E-state index contributed by atoms with van der Waals surface area (Å²) in [5, 5.41) is 0. The van der Waals surface area contributed by atoms with Gasteiger partial charge in [0, 0.05) is 6.92 Å². The molecule has 13 heavy (non-hydrogen) atoms. The van der Waals surface area contributed by atoms with Gasteiger partial charge in [0.25, 0.3) is 0 Å². The molecule has 0 aromatic heterocycles. The maximum Gasteiger partial charge on any atom is 0.308 e. The van der Waals surface area contributed by atoms with Crippen LogP contribution in [-0.2, 0) is 4.79 Å². The number of ether oxygens (including phenoxy) is 1. The van der Waals surface area contributed by atoms with Crippen LogP contribution in [0.3, 0.4) is 0 Å². The fourth-order valence-corrected chi connectivity index (χ4v) is 1.34. The zero-order valence-corrected chi connectivity index (χ0v) is 9.32. The molecule has 0 unspecified atom stereocenters. The van der Waals surface area contributed by atoms with Gasteiger partial charge in [-0.3, -0.25) is 4.79 Å². The molecular formula is C10H9IO2. The Morgan fingerprint density at radius 3 is 2.92 bits per heavy atom. The van der Waals surface area contributed by atoms with Gasteiger partial charge in [-0.05, 0) is 27.9 Å². The molecule has 0 spiro atoms. The minimum atomic E-state index is -0.296. The van der Waals surface area contributed by atoms with Crippen molar-refractivity contribution in [2.45, 2.75) is 6.92 Å². The minimum Gasteiger partial charge on any atom is -0.427 e. The Hall–Kier alpha value is -0.840. The van der Waals surface area contributed by atoms with E-state index in [1.165, 1.54) is 6.92 Å². The third-order valence-corrected chi connectivity index (χ3v) is 1.73. The summed E-state index contributed by atoms with van der Waals surface area (Å²) in [5.74, 6) is 0.287. The standard InChI is InChI=1S/C10H9IO2/c1-8(12)13-10-4-2-3-9(7-10)5-6-11/h2-7H,1H3/b6-5+. The molecule has 0 fully saturated rings. The number of halogens is 1. The van der Waals surface area contributed by atoms with E-state index < -0.39 is 0 Å². The van der Waals surface area contributed by atoms with Gasteiger partial charge < -0.3 is 4.74 Å². The summed E-state index contributed by atoms with van der Waals surface area (Å²) in [6.07, 6.45) is 1.94. The van der Waals surface area contributed by atoms with E-state index in [0.717, 1.165) is 5.56 Å². The Bertz CT molecular complexity index is 331. The molecule has 0 aliphatic carbocycles. The fourth-order valence-electron chi connectivity index (χ4n) is 0.920. The molecule has 0 heterocycles. The van der Waals surface area contributed by atoms with E-state index >= 15 is 0 Å². The van der Waals surface area contributed by atoms with Crippen molar-refractivity contribution >= 4 is 34.6 Å². The Morgan fingerprint density at radius 2 is 2.31 bits per heavy atom. The van der Waals surface area contributed by atoms with Crippen LogP contribution in [-0.4, -0.2) is 5.97 Å². The normalized spacial score (nSPS) is 10.3. The van der Waals surface area contributed by atoms with E-state index in [9.17, 15) is 4.79 Å². The molecule has 0 saturated carbocycles. The summed E-state index contributed by atoms with van der Waals surface area (Å²) in [4.78, 5) is 10.6. The van der Waals surface area contributed by atoms with Gasteiger partial charge in [0.2, 0.25) is 0 Å². The van der Waals surface area contributed by atoms with Gasteiger partial charge in [-0.25, -0.2) is 0 Å². The van der Waals surface area contributed by atoms with Gasteiger partial charge in [0.15, 0.2) is 0 Å². The molecule has 0 aliphatic heterocycles. The Morgan fingerprint density at radius 1 is 1.54 bits per heavy atom. The molecule has 0 saturated heterocycles. The number of hydrogen-bond acceptors (Lipinski definition) is 2. The Balaban J connectivity index is 2.85. The van der Waals surface area contributed by atoms with Crippen molar-refractivity contribution in [2.24, 2.45) is 0 Å². The van der Waals surface area contributed by atoms with Crippen LogP contribution in [0.25, 0.3) is 6.08 Å². The summed E-state index contributed by atoms with van der Waals surface area (Å²) >= 11 is 2.14. The van der Waals surface area contributed by atoms with Gasteiger partial charge in [0.1, 0.15) is 5.75 Å². The molecule has 2 nitrogen and oxygen atoms in total. The number of esters is 1. The van der Waals surface area contributed by atoms with Crippen molar-refractivity contribution in [1.29, 1.82) is 0 Å². The van der Waals surface area contributed by atoms with Gasteiger partial charge >= 0.3 is 5.97 Å². The maximum atomic E-state index is 10.6. The second-order valence-corrected chi connectivity index (χ2v) is 3.18. The van der Waals surface area contributed by atoms with Crippen molar-refractivity contribution in [3.05, 3.63) is 33.9 Å². The summed E-state index contributed by atoms with van der Waals surface area (Å²) in [6.45, 7) is 1.39. The first-order chi connectivity index (χ1) is 6.22. The zero-order chi connectivity index (χ0) is 9.68. The second kappa shape index (κ2) is 5.01. The van der Waals surface area contributed by atoms with Crippen molar-refractivity contribution < 1.29 is 9.53 Å². The molecule has 0 N–H and O–H groups in total. The predicted molar refractivity (Wildman–Crippen MR) is 60.8 cm³/mol. The van der Waals surface area contributed by atoms with Crippen LogP contribution in [0.4, 0.5) is 0 Å². The molecule has 0 bridgehead atoms. The largest absolute Gasteiger partial charge is 0.427 e. The fraction of sp³-hybridized carbons (Fsp3) is 0.100. The highest BCUT2D eigenvalue weighted by molar-refractivity contribution is 14.1. The first-order valence-corrected chi connectivity index (χ1v) is 5.02. The van der Waals surface area contributed by atoms with E-state index in [1.54, 1.807) is 6.07 Å². The number of carbonyl (C=O) groups excluding carboxylic acids is 1. The summed E-state index contributed by atoms with van der Waals surface area (Å²) in [7, 11) is 0. The van der Waals surface area contributed by atoms with Gasteiger partial charge in [-0.15, -0.1) is 0 Å². The van der Waals surface area contributed by atoms with Crippen LogP contribution in [0.2, 0.25) is 0 Å². The SMILES string of the molecule is CC(=O)Oc1cccc(/C=C/I)c1. The molecule has 1 aromatic carbocycles. The van der Waals surface area contributed by atoms with Crippen LogP contribution in [0.1, 0.15) is 12.5 Å². The summed E-state index contributed by atoms with van der Waals surface area (Å²) in [6, 6.07) is 7.37. The number of hydrogen-bond donors (Lipinski definition) is 0. The molecule has 3 heteroatoms. The maximum absolute atomic E-state index is 10.6. The van der Waals surface area contributed by atoms with E-state index in [-0.39, 0.29) is 5.97 Å². The van der Waals surface area contributed by atoms with Gasteiger partial charge in [0.05, 0.1) is 0 Å². The number of carbonyl (C=O) groups is 1. The number of rotatable bonds is 2. The van der Waals surface area contributed by atoms with Crippen LogP contribution in [0, 0.1) is 0 Å². The average Bonchev–Trinajstić information content (AvgIpc) is 2.04. The van der Waals surface area contributed by atoms with Gasteiger partial charge in [-0.1, -0.05) is 34.7 Å². The highest BCUT2D eigenvalue weighted by Gasteiger charge is 1.96. The third kappa shape index (κ3) is 3.59.